The lowest BCUT2D eigenvalue weighted by molar-refractivity contribution is -0.143. The highest BCUT2D eigenvalue weighted by molar-refractivity contribution is 5.96. The Kier molecular flexibility index (Phi) is 7.16. The average molecular weight is 329 g/mol. The van der Waals surface area contributed by atoms with Crippen LogP contribution in [-0.4, -0.2) is 67.6 Å². The fourth-order valence-electron chi connectivity index (χ4n) is 1.67. The van der Waals surface area contributed by atoms with Gasteiger partial charge in [-0.05, 0) is 6.92 Å². The van der Waals surface area contributed by atoms with Crippen LogP contribution in [0.2, 0.25) is 0 Å². The molecule has 10 heteroatoms. The Labute approximate surface area is 132 Å². The lowest BCUT2D eigenvalue weighted by Gasteiger charge is -2.20. The summed E-state index contributed by atoms with van der Waals surface area (Å²) in [6, 6.07) is -0.927. The predicted molar refractivity (Wildman–Crippen MR) is 75.8 cm³/mol. The van der Waals surface area contributed by atoms with E-state index in [0.717, 1.165) is 0 Å². The van der Waals surface area contributed by atoms with Crippen molar-refractivity contribution < 1.29 is 33.5 Å². The van der Waals surface area contributed by atoms with E-state index in [4.69, 9.17) is 19.1 Å². The molecule has 128 valence electrons. The van der Waals surface area contributed by atoms with Gasteiger partial charge in [0.25, 0.3) is 5.91 Å². The summed E-state index contributed by atoms with van der Waals surface area (Å²) in [5.41, 5.74) is 0.00285. The van der Waals surface area contributed by atoms with Crippen LogP contribution in [0.25, 0.3) is 0 Å². The lowest BCUT2D eigenvalue weighted by atomic mass is 10.2. The van der Waals surface area contributed by atoms with Crippen LogP contribution >= 0.6 is 0 Å². The predicted octanol–water partition coefficient (Wildman–Crippen LogP) is -1.06. The van der Waals surface area contributed by atoms with Gasteiger partial charge in [0.1, 0.15) is 11.8 Å². The fourth-order valence-corrected chi connectivity index (χ4v) is 1.67. The summed E-state index contributed by atoms with van der Waals surface area (Å²) in [5, 5.41) is 17.2. The molecule has 0 bridgehead atoms. The summed E-state index contributed by atoms with van der Waals surface area (Å²) in [4.78, 5) is 35.1. The zero-order valence-electron chi connectivity index (χ0n) is 13.0. The molecule has 0 aliphatic rings. The van der Waals surface area contributed by atoms with Crippen LogP contribution in [0.1, 0.15) is 16.2 Å². The smallest absolute Gasteiger partial charge is 0.328 e. The number of carboxylic acid groups (broad SMARTS) is 1. The summed E-state index contributed by atoms with van der Waals surface area (Å²) >= 11 is 0. The van der Waals surface area contributed by atoms with Gasteiger partial charge in [-0.1, -0.05) is 5.16 Å². The normalized spacial score (nSPS) is 13.2. The van der Waals surface area contributed by atoms with Gasteiger partial charge in [-0.15, -0.1) is 0 Å². The fraction of sp³-hybridized carbons (Fsp3) is 0.538. The van der Waals surface area contributed by atoms with Crippen LogP contribution in [-0.2, 0) is 19.1 Å². The van der Waals surface area contributed by atoms with Crippen molar-refractivity contribution in [2.75, 3.05) is 27.4 Å². The van der Waals surface area contributed by atoms with Gasteiger partial charge in [0.15, 0.2) is 11.7 Å². The van der Waals surface area contributed by atoms with Crippen molar-refractivity contribution in [3.05, 3.63) is 17.5 Å². The molecule has 0 aliphatic carbocycles. The number of carbonyl (C=O) groups excluding carboxylic acids is 2. The highest BCUT2D eigenvalue weighted by atomic mass is 16.5. The largest absolute Gasteiger partial charge is 0.480 e. The van der Waals surface area contributed by atoms with Gasteiger partial charge in [-0.25, -0.2) is 4.79 Å². The molecule has 1 unspecified atom stereocenters. The van der Waals surface area contributed by atoms with Crippen molar-refractivity contribution in [2.24, 2.45) is 0 Å². The number of carbonyl (C=O) groups is 3. The minimum absolute atomic E-state index is 0.00285. The van der Waals surface area contributed by atoms with E-state index in [1.165, 1.54) is 20.3 Å². The second-order valence-electron chi connectivity index (χ2n) is 4.66. The zero-order chi connectivity index (χ0) is 17.4. The molecule has 0 aromatic carbocycles. The quantitative estimate of drug-likeness (QED) is 0.521. The van der Waals surface area contributed by atoms with Gasteiger partial charge in [0, 0.05) is 20.3 Å². The number of hydrogen-bond donors (Lipinski definition) is 3. The number of methoxy groups -OCH3 is 2. The monoisotopic (exact) mass is 329 g/mol. The summed E-state index contributed by atoms with van der Waals surface area (Å²) in [5.74, 6) is -2.17. The first-order valence-corrected chi connectivity index (χ1v) is 6.64. The molecule has 1 rings (SSSR count). The first kappa shape index (κ1) is 18.6. The standard InChI is InChI=1S/C13H19N3O7/c1-7-4-8(16-23-7)11(17)14-9(5-21-2)12(18)15-10(6-22-3)13(19)20/h4,9-10H,5-6H2,1-3H3,(H,14,17)(H,15,18)(H,19,20)/t9?,10-/m0/s1. The van der Waals surface area contributed by atoms with E-state index in [2.05, 4.69) is 15.8 Å². The van der Waals surface area contributed by atoms with Crippen molar-refractivity contribution in [1.29, 1.82) is 0 Å². The minimum Gasteiger partial charge on any atom is -0.480 e. The molecule has 23 heavy (non-hydrogen) atoms. The van der Waals surface area contributed by atoms with E-state index in [1.54, 1.807) is 6.92 Å². The summed E-state index contributed by atoms with van der Waals surface area (Å²) in [7, 11) is 2.65. The van der Waals surface area contributed by atoms with Gasteiger partial charge in [-0.3, -0.25) is 9.59 Å². The van der Waals surface area contributed by atoms with E-state index < -0.39 is 29.9 Å². The molecule has 0 saturated carbocycles. The second-order valence-corrected chi connectivity index (χ2v) is 4.66. The van der Waals surface area contributed by atoms with Crippen molar-refractivity contribution in [2.45, 2.75) is 19.0 Å². The maximum absolute atomic E-state index is 12.1. The molecule has 0 spiro atoms. The Bertz CT molecular complexity index is 558. The van der Waals surface area contributed by atoms with Crippen molar-refractivity contribution in [1.82, 2.24) is 15.8 Å². The zero-order valence-corrected chi connectivity index (χ0v) is 13.0. The third-order valence-corrected chi connectivity index (χ3v) is 2.76. The third kappa shape index (κ3) is 5.68. The molecule has 0 fully saturated rings. The van der Waals surface area contributed by atoms with Gasteiger partial charge in [0.2, 0.25) is 5.91 Å². The highest BCUT2D eigenvalue weighted by Gasteiger charge is 2.27. The van der Waals surface area contributed by atoms with Gasteiger partial charge < -0.3 is 29.7 Å². The minimum atomic E-state index is -1.25. The number of rotatable bonds is 9. The lowest BCUT2D eigenvalue weighted by Crippen LogP contribution is -2.54. The molecule has 10 nitrogen and oxygen atoms in total. The van der Waals surface area contributed by atoms with E-state index in [9.17, 15) is 14.4 Å². The molecule has 0 saturated heterocycles. The maximum Gasteiger partial charge on any atom is 0.328 e. The number of ether oxygens (including phenoxy) is 2. The summed E-state index contributed by atoms with van der Waals surface area (Å²) in [6.07, 6.45) is 0. The van der Waals surface area contributed by atoms with Crippen LogP contribution in [0.15, 0.2) is 10.6 Å². The molecule has 1 aromatic rings. The van der Waals surface area contributed by atoms with Gasteiger partial charge >= 0.3 is 5.97 Å². The van der Waals surface area contributed by atoms with E-state index in [0.29, 0.717) is 5.76 Å². The first-order chi connectivity index (χ1) is 10.9. The van der Waals surface area contributed by atoms with Crippen LogP contribution in [0.5, 0.6) is 0 Å². The second kappa shape index (κ2) is 8.86. The number of nitrogens with zero attached hydrogens (tertiary/aromatic N) is 1. The number of carboxylic acids is 1. The number of aryl methyl sites for hydroxylation is 1. The van der Waals surface area contributed by atoms with Gasteiger partial charge in [0.05, 0.1) is 13.2 Å². The van der Waals surface area contributed by atoms with Crippen LogP contribution in [0, 0.1) is 6.92 Å². The molecule has 1 aromatic heterocycles. The SMILES string of the molecule is COCC(NC(=O)c1cc(C)on1)C(=O)N[C@@H](COC)C(=O)O. The van der Waals surface area contributed by atoms with Crippen LogP contribution in [0.4, 0.5) is 0 Å². The molecule has 2 atom stereocenters. The third-order valence-electron chi connectivity index (χ3n) is 2.76. The molecule has 2 amide bonds. The maximum atomic E-state index is 12.1. The van der Waals surface area contributed by atoms with E-state index in [1.807, 2.05) is 0 Å². The number of nitrogens with one attached hydrogen (secondary N) is 2. The molecule has 0 radical (unpaired) electrons. The van der Waals surface area contributed by atoms with Crippen LogP contribution < -0.4 is 10.6 Å². The Hall–Kier alpha value is -2.46. The Morgan fingerprint density at radius 2 is 1.83 bits per heavy atom. The van der Waals surface area contributed by atoms with E-state index >= 15 is 0 Å². The molecule has 0 aliphatic heterocycles. The van der Waals surface area contributed by atoms with Gasteiger partial charge in [-0.2, -0.15) is 0 Å². The topological polar surface area (TPSA) is 140 Å². The molecular weight excluding hydrogens is 310 g/mol. The van der Waals surface area contributed by atoms with Crippen molar-refractivity contribution >= 4 is 17.8 Å². The van der Waals surface area contributed by atoms with Crippen molar-refractivity contribution in [3.63, 3.8) is 0 Å². The Morgan fingerprint density at radius 1 is 1.22 bits per heavy atom. The highest BCUT2D eigenvalue weighted by Crippen LogP contribution is 2.02. The average Bonchev–Trinajstić information content (AvgIpc) is 2.92. The van der Waals surface area contributed by atoms with Crippen LogP contribution in [0.3, 0.4) is 0 Å². The number of aromatic nitrogens is 1. The number of amides is 2. The first-order valence-electron chi connectivity index (χ1n) is 6.64. The van der Waals surface area contributed by atoms with Crippen molar-refractivity contribution in [3.8, 4) is 0 Å². The molecular formula is C13H19N3O7. The Morgan fingerprint density at radius 3 is 2.30 bits per heavy atom. The molecule has 3 N–H and O–H groups in total. The van der Waals surface area contributed by atoms with E-state index in [-0.39, 0.29) is 18.9 Å². The Balaban J connectivity index is 2.74. The number of hydrogen-bond acceptors (Lipinski definition) is 7. The summed E-state index contributed by atoms with van der Waals surface area (Å²) < 4.78 is 14.4. The molecule has 1 heterocycles. The number of aliphatic carboxylic acids is 1. The summed E-state index contributed by atoms with van der Waals surface area (Å²) in [6.45, 7) is 1.26.